The Morgan fingerprint density at radius 2 is 1.03 bits per heavy atom. The van der Waals surface area contributed by atoms with Crippen LogP contribution < -0.4 is 5.32 Å². The first-order valence-corrected chi connectivity index (χ1v) is 12.5. The van der Waals surface area contributed by atoms with Crippen LogP contribution in [0.1, 0.15) is 108 Å². The van der Waals surface area contributed by atoms with E-state index in [4.69, 9.17) is 0 Å². The van der Waals surface area contributed by atoms with Crippen molar-refractivity contribution in [2.75, 3.05) is 6.54 Å². The highest BCUT2D eigenvalue weighted by atomic mass is 16.1. The van der Waals surface area contributed by atoms with E-state index in [2.05, 4.69) is 35.6 Å². The van der Waals surface area contributed by atoms with Crippen molar-refractivity contribution in [3.63, 3.8) is 0 Å². The summed E-state index contributed by atoms with van der Waals surface area (Å²) >= 11 is 0. The minimum atomic E-state index is -0.369. The Balaban J connectivity index is 1.70. The fraction of sp³-hybridized carbons (Fsp3) is 0.704. The lowest BCUT2D eigenvalue weighted by Crippen LogP contribution is -2.14. The Bertz CT molecular complexity index is 495. The van der Waals surface area contributed by atoms with Crippen LogP contribution >= 0.6 is 0 Å². The Labute approximate surface area is 185 Å². The molecule has 1 rings (SSSR count). The van der Waals surface area contributed by atoms with E-state index in [0.29, 0.717) is 0 Å². The van der Waals surface area contributed by atoms with Crippen LogP contribution in [0.5, 0.6) is 0 Å². The van der Waals surface area contributed by atoms with E-state index in [1.807, 2.05) is 0 Å². The highest BCUT2D eigenvalue weighted by Gasteiger charge is 2.03. The number of unbranched alkanes of at least 4 members (excludes halogenated alkanes) is 14. The molecule has 30 heavy (non-hydrogen) atoms. The first-order chi connectivity index (χ1) is 14.9. The number of rotatable bonds is 22. The van der Waals surface area contributed by atoms with Gasteiger partial charge in [-0.3, -0.25) is 0 Å². The smallest absolute Gasteiger partial charge is 0.130 e. The lowest BCUT2D eigenvalue weighted by molar-refractivity contribution is -0.119. The molecule has 3 nitrogen and oxygen atoms in total. The summed E-state index contributed by atoms with van der Waals surface area (Å²) in [4.78, 5) is 21.1. The van der Waals surface area contributed by atoms with Crippen molar-refractivity contribution in [1.29, 1.82) is 0 Å². The topological polar surface area (TPSA) is 46.2 Å². The van der Waals surface area contributed by atoms with E-state index >= 15 is 0 Å². The fourth-order valence-electron chi connectivity index (χ4n) is 3.92. The molecule has 0 amide bonds. The molecule has 0 bridgehead atoms. The zero-order valence-electron chi connectivity index (χ0n) is 19.2. The largest absolute Gasteiger partial charge is 0.313 e. The van der Waals surface area contributed by atoms with Crippen LogP contribution in [0.3, 0.4) is 0 Å². The van der Waals surface area contributed by atoms with Crippen molar-refractivity contribution < 1.29 is 9.59 Å². The highest BCUT2D eigenvalue weighted by molar-refractivity contribution is 5.77. The van der Waals surface area contributed by atoms with Gasteiger partial charge >= 0.3 is 0 Å². The van der Waals surface area contributed by atoms with Crippen LogP contribution in [-0.4, -0.2) is 19.1 Å². The predicted octanol–water partition coefficient (Wildman–Crippen LogP) is 7.03. The zero-order chi connectivity index (χ0) is 21.5. The molecule has 0 unspecified atom stereocenters. The van der Waals surface area contributed by atoms with Crippen molar-refractivity contribution in [3.05, 3.63) is 35.9 Å². The van der Waals surface area contributed by atoms with E-state index in [1.165, 1.54) is 89.0 Å². The number of aldehydes is 2. The monoisotopic (exact) mass is 415 g/mol. The third-order valence-electron chi connectivity index (χ3n) is 5.91. The molecule has 0 spiro atoms. The van der Waals surface area contributed by atoms with E-state index in [0.717, 1.165) is 44.9 Å². The molecule has 0 aliphatic heterocycles. The average molecular weight is 416 g/mol. The van der Waals surface area contributed by atoms with Gasteiger partial charge in [0.1, 0.15) is 12.6 Å². The van der Waals surface area contributed by atoms with Crippen molar-refractivity contribution in [3.8, 4) is 0 Å². The predicted molar refractivity (Wildman–Crippen MR) is 128 cm³/mol. The normalized spacial score (nSPS) is 11.1. The summed E-state index contributed by atoms with van der Waals surface area (Å²) in [6.07, 6.45) is 22.1. The minimum Gasteiger partial charge on any atom is -0.313 e. The van der Waals surface area contributed by atoms with E-state index < -0.39 is 0 Å². The summed E-state index contributed by atoms with van der Waals surface area (Å²) in [6.45, 7) is 2.12. The maximum atomic E-state index is 10.6. The molecule has 1 N–H and O–H groups in total. The molecule has 1 aromatic carbocycles. The second kappa shape index (κ2) is 20.8. The number of benzene rings is 1. The molecule has 0 aromatic heterocycles. The fourth-order valence-corrected chi connectivity index (χ4v) is 3.92. The van der Waals surface area contributed by atoms with Crippen LogP contribution in [0.15, 0.2) is 30.3 Å². The molecule has 0 saturated heterocycles. The van der Waals surface area contributed by atoms with Crippen molar-refractivity contribution in [2.24, 2.45) is 5.92 Å². The SMILES string of the molecule is O=CC(C=O)CCCCCCCCCCCCCCCCCNCc1ccccc1. The van der Waals surface area contributed by atoms with Crippen LogP contribution in [-0.2, 0) is 16.1 Å². The number of carbonyl (C=O) groups excluding carboxylic acids is 2. The second-order valence-corrected chi connectivity index (χ2v) is 8.69. The van der Waals surface area contributed by atoms with Gasteiger partial charge in [-0.05, 0) is 24.9 Å². The number of nitrogens with one attached hydrogen (secondary N) is 1. The van der Waals surface area contributed by atoms with Gasteiger partial charge in [0.2, 0.25) is 0 Å². The number of hydrogen-bond acceptors (Lipinski definition) is 3. The molecular formula is C27H45NO2. The third kappa shape index (κ3) is 16.3. The van der Waals surface area contributed by atoms with Crippen LogP contribution in [0.4, 0.5) is 0 Å². The summed E-state index contributed by atoms with van der Waals surface area (Å²) in [5.74, 6) is -0.369. The molecule has 0 aliphatic carbocycles. The van der Waals surface area contributed by atoms with Gasteiger partial charge in [-0.1, -0.05) is 120 Å². The Kier molecular flexibility index (Phi) is 18.4. The lowest BCUT2D eigenvalue weighted by atomic mass is 10.0. The van der Waals surface area contributed by atoms with E-state index in [-0.39, 0.29) is 5.92 Å². The first kappa shape index (κ1) is 26.6. The van der Waals surface area contributed by atoms with Gasteiger partial charge < -0.3 is 14.9 Å². The van der Waals surface area contributed by atoms with Gasteiger partial charge in [-0.15, -0.1) is 0 Å². The zero-order valence-corrected chi connectivity index (χ0v) is 19.2. The minimum absolute atomic E-state index is 0.369. The average Bonchev–Trinajstić information content (AvgIpc) is 2.78. The Hall–Kier alpha value is -1.48. The molecule has 0 saturated carbocycles. The van der Waals surface area contributed by atoms with Gasteiger partial charge in [0.15, 0.2) is 0 Å². The van der Waals surface area contributed by atoms with Crippen LogP contribution in [0.2, 0.25) is 0 Å². The van der Waals surface area contributed by atoms with E-state index in [9.17, 15) is 9.59 Å². The van der Waals surface area contributed by atoms with Crippen molar-refractivity contribution >= 4 is 12.6 Å². The third-order valence-corrected chi connectivity index (χ3v) is 5.91. The van der Waals surface area contributed by atoms with Crippen molar-refractivity contribution in [1.82, 2.24) is 5.32 Å². The van der Waals surface area contributed by atoms with Crippen LogP contribution in [0.25, 0.3) is 0 Å². The molecule has 0 heterocycles. The van der Waals surface area contributed by atoms with Gasteiger partial charge in [0.05, 0.1) is 5.92 Å². The second-order valence-electron chi connectivity index (χ2n) is 8.69. The summed E-state index contributed by atoms with van der Waals surface area (Å²) < 4.78 is 0. The van der Waals surface area contributed by atoms with Crippen LogP contribution in [0, 0.1) is 5.92 Å². The lowest BCUT2D eigenvalue weighted by Gasteiger charge is -2.05. The molecule has 170 valence electrons. The van der Waals surface area contributed by atoms with E-state index in [1.54, 1.807) is 0 Å². The first-order valence-electron chi connectivity index (χ1n) is 12.5. The quantitative estimate of drug-likeness (QED) is 0.126. The molecule has 3 heteroatoms. The van der Waals surface area contributed by atoms with Gasteiger partial charge in [-0.25, -0.2) is 0 Å². The molecule has 0 fully saturated rings. The summed E-state index contributed by atoms with van der Waals surface area (Å²) in [7, 11) is 0. The highest BCUT2D eigenvalue weighted by Crippen LogP contribution is 2.14. The number of carbonyl (C=O) groups is 2. The van der Waals surface area contributed by atoms with Gasteiger partial charge in [-0.2, -0.15) is 0 Å². The number of hydrogen-bond donors (Lipinski definition) is 1. The van der Waals surface area contributed by atoms with Gasteiger partial charge in [0.25, 0.3) is 0 Å². The molecule has 0 atom stereocenters. The molecular weight excluding hydrogens is 370 g/mol. The molecule has 0 aliphatic rings. The Morgan fingerprint density at radius 1 is 0.600 bits per heavy atom. The summed E-state index contributed by atoms with van der Waals surface area (Å²) in [6, 6.07) is 10.6. The molecule has 0 radical (unpaired) electrons. The summed E-state index contributed by atoms with van der Waals surface area (Å²) in [5, 5.41) is 3.54. The standard InChI is InChI=1S/C27H45NO2/c29-24-27(25-30)21-15-12-10-8-6-4-2-1-3-5-7-9-11-13-18-22-28-23-26-19-16-14-17-20-26/h14,16-17,19-20,24-25,27-28H,1-13,15,18,21-23H2. The maximum Gasteiger partial charge on any atom is 0.130 e. The van der Waals surface area contributed by atoms with Crippen molar-refractivity contribution in [2.45, 2.75) is 109 Å². The molecule has 1 aromatic rings. The Morgan fingerprint density at radius 3 is 1.50 bits per heavy atom. The maximum absolute atomic E-state index is 10.6. The summed E-state index contributed by atoms with van der Waals surface area (Å²) in [5.41, 5.74) is 1.37. The van der Waals surface area contributed by atoms with Gasteiger partial charge in [0, 0.05) is 6.54 Å².